The maximum Gasteiger partial charge on any atom is 0.349 e. The number of benzene rings is 1. The lowest BCUT2D eigenvalue weighted by atomic mass is 10.2. The van der Waals surface area contributed by atoms with Gasteiger partial charge in [0.25, 0.3) is 5.91 Å². The topological polar surface area (TPSA) is 97.6 Å². The van der Waals surface area contributed by atoms with Gasteiger partial charge in [0.05, 0.1) is 13.2 Å². The van der Waals surface area contributed by atoms with Crippen molar-refractivity contribution < 1.29 is 13.9 Å². The highest BCUT2D eigenvalue weighted by Gasteiger charge is 2.17. The monoisotopic (exact) mass is 430 g/mol. The molecule has 3 aromatic rings. The highest BCUT2D eigenvalue weighted by atomic mass is 79.9. The number of morpholine rings is 1. The molecule has 0 bridgehead atoms. The van der Waals surface area contributed by atoms with Gasteiger partial charge in [-0.3, -0.25) is 4.79 Å². The van der Waals surface area contributed by atoms with Crippen molar-refractivity contribution in [3.63, 3.8) is 0 Å². The second kappa shape index (κ2) is 7.45. The molecule has 0 radical (unpaired) electrons. The van der Waals surface area contributed by atoms with E-state index in [2.05, 4.69) is 31.2 Å². The van der Waals surface area contributed by atoms with Crippen LogP contribution in [0.2, 0.25) is 0 Å². The number of carbonyl (C=O) groups excluding carboxylic acids is 1. The molecule has 3 heterocycles. The fraction of sp³-hybridized carbons (Fsp3) is 0.222. The minimum Gasteiger partial charge on any atom is -0.422 e. The molecular weight excluding hydrogens is 416 g/mol. The van der Waals surface area contributed by atoms with E-state index in [1.807, 2.05) is 4.90 Å². The standard InChI is InChI=1S/C18H15BrN4O4/c19-12-1-2-14-11(7-12)8-13(18(25)27-14)17(24)22-15-9-16(21-10-20-15)23-3-5-26-6-4-23/h1-2,7-10H,3-6H2,(H,20,21,22,24). The van der Waals surface area contributed by atoms with Crippen LogP contribution in [0.3, 0.4) is 0 Å². The summed E-state index contributed by atoms with van der Waals surface area (Å²) < 4.78 is 11.4. The Kier molecular flexibility index (Phi) is 4.87. The number of hydrogen-bond acceptors (Lipinski definition) is 7. The molecule has 27 heavy (non-hydrogen) atoms. The third-order valence-corrected chi connectivity index (χ3v) is 4.66. The van der Waals surface area contributed by atoms with E-state index in [1.165, 1.54) is 12.4 Å². The molecule has 0 atom stereocenters. The SMILES string of the molecule is O=C(Nc1cc(N2CCOCC2)ncn1)c1cc2cc(Br)ccc2oc1=O. The molecule has 0 unspecified atom stereocenters. The summed E-state index contributed by atoms with van der Waals surface area (Å²) in [6, 6.07) is 8.38. The van der Waals surface area contributed by atoms with E-state index in [0.717, 1.165) is 4.47 Å². The first-order valence-electron chi connectivity index (χ1n) is 8.30. The first kappa shape index (κ1) is 17.6. The van der Waals surface area contributed by atoms with Gasteiger partial charge in [-0.05, 0) is 24.3 Å². The molecule has 9 heteroatoms. The Labute approximate surface area is 162 Å². The number of nitrogens with one attached hydrogen (secondary N) is 1. The number of anilines is 2. The zero-order valence-corrected chi connectivity index (χ0v) is 15.7. The first-order chi connectivity index (χ1) is 13.1. The van der Waals surface area contributed by atoms with Gasteiger partial charge in [0.2, 0.25) is 0 Å². The van der Waals surface area contributed by atoms with Crippen LogP contribution < -0.4 is 15.8 Å². The predicted molar refractivity (Wildman–Crippen MR) is 103 cm³/mol. The number of hydrogen-bond donors (Lipinski definition) is 1. The van der Waals surface area contributed by atoms with E-state index in [-0.39, 0.29) is 5.56 Å². The fourth-order valence-electron chi connectivity index (χ4n) is 2.82. The van der Waals surface area contributed by atoms with Crippen LogP contribution in [0.4, 0.5) is 11.6 Å². The van der Waals surface area contributed by atoms with Gasteiger partial charge in [0, 0.05) is 29.0 Å². The van der Waals surface area contributed by atoms with Crippen LogP contribution in [-0.4, -0.2) is 42.2 Å². The van der Waals surface area contributed by atoms with Crippen molar-refractivity contribution in [3.05, 3.63) is 57.1 Å². The normalized spacial score (nSPS) is 14.3. The van der Waals surface area contributed by atoms with E-state index in [4.69, 9.17) is 9.15 Å². The zero-order chi connectivity index (χ0) is 18.8. The van der Waals surface area contributed by atoms with Gasteiger partial charge in [-0.25, -0.2) is 14.8 Å². The van der Waals surface area contributed by atoms with Crippen LogP contribution in [0.15, 0.2) is 50.3 Å². The van der Waals surface area contributed by atoms with Crippen LogP contribution in [0.5, 0.6) is 0 Å². The molecule has 138 valence electrons. The van der Waals surface area contributed by atoms with Crippen molar-refractivity contribution in [2.75, 3.05) is 36.5 Å². The number of nitrogens with zero attached hydrogens (tertiary/aromatic N) is 3. The summed E-state index contributed by atoms with van der Waals surface area (Å²) in [5.74, 6) is 0.417. The lowest BCUT2D eigenvalue weighted by Crippen LogP contribution is -2.36. The summed E-state index contributed by atoms with van der Waals surface area (Å²) in [6.45, 7) is 2.68. The summed E-state index contributed by atoms with van der Waals surface area (Å²) in [4.78, 5) is 35.1. The van der Waals surface area contributed by atoms with Crippen molar-refractivity contribution in [3.8, 4) is 0 Å². The molecule has 0 spiro atoms. The second-order valence-electron chi connectivity index (χ2n) is 5.94. The van der Waals surface area contributed by atoms with Gasteiger partial charge >= 0.3 is 5.63 Å². The van der Waals surface area contributed by atoms with Gasteiger partial charge in [0.15, 0.2) is 0 Å². The molecule has 0 saturated carbocycles. The lowest BCUT2D eigenvalue weighted by Gasteiger charge is -2.27. The average molecular weight is 431 g/mol. The molecule has 1 aliphatic rings. The van der Waals surface area contributed by atoms with Gasteiger partial charge in [-0.1, -0.05) is 15.9 Å². The largest absolute Gasteiger partial charge is 0.422 e. The quantitative estimate of drug-likeness (QED) is 0.637. The molecule has 0 aliphatic carbocycles. The summed E-state index contributed by atoms with van der Waals surface area (Å²) in [7, 11) is 0. The summed E-state index contributed by atoms with van der Waals surface area (Å²) >= 11 is 3.36. The number of ether oxygens (including phenoxy) is 1. The number of rotatable bonds is 3. The number of carbonyl (C=O) groups is 1. The second-order valence-corrected chi connectivity index (χ2v) is 6.86. The van der Waals surface area contributed by atoms with Crippen LogP contribution in [-0.2, 0) is 4.74 Å². The Morgan fingerprint density at radius 1 is 1.15 bits per heavy atom. The van der Waals surface area contributed by atoms with Gasteiger partial charge in [-0.15, -0.1) is 0 Å². The van der Waals surface area contributed by atoms with Crippen molar-refractivity contribution in [2.45, 2.75) is 0 Å². The average Bonchev–Trinajstić information content (AvgIpc) is 2.68. The Bertz CT molecular complexity index is 1060. The van der Waals surface area contributed by atoms with Crippen LogP contribution >= 0.6 is 15.9 Å². The molecule has 2 aromatic heterocycles. The zero-order valence-electron chi connectivity index (χ0n) is 14.1. The number of halogens is 1. The molecule has 1 saturated heterocycles. The molecule has 1 fully saturated rings. The highest BCUT2D eigenvalue weighted by molar-refractivity contribution is 9.10. The number of aromatic nitrogens is 2. The molecule has 1 N–H and O–H groups in total. The summed E-state index contributed by atoms with van der Waals surface area (Å²) in [5, 5.41) is 3.28. The molecule has 8 nitrogen and oxygen atoms in total. The van der Waals surface area contributed by atoms with Gasteiger partial charge in [-0.2, -0.15) is 0 Å². The highest BCUT2D eigenvalue weighted by Crippen LogP contribution is 2.20. The van der Waals surface area contributed by atoms with Crippen LogP contribution in [0.1, 0.15) is 10.4 Å². The Morgan fingerprint density at radius 3 is 2.78 bits per heavy atom. The van der Waals surface area contributed by atoms with Gasteiger partial charge in [0.1, 0.15) is 29.1 Å². The maximum absolute atomic E-state index is 12.6. The maximum atomic E-state index is 12.6. The third-order valence-electron chi connectivity index (χ3n) is 4.17. The van der Waals surface area contributed by atoms with E-state index >= 15 is 0 Å². The van der Waals surface area contributed by atoms with Crippen LogP contribution in [0, 0.1) is 0 Å². The Balaban J connectivity index is 1.59. The molecule has 4 rings (SSSR count). The first-order valence-corrected chi connectivity index (χ1v) is 9.09. The minimum absolute atomic E-state index is 0.0906. The van der Waals surface area contributed by atoms with Crippen molar-refractivity contribution in [2.24, 2.45) is 0 Å². The molecule has 1 amide bonds. The van der Waals surface area contributed by atoms with Gasteiger partial charge < -0.3 is 19.4 Å². The lowest BCUT2D eigenvalue weighted by molar-refractivity contribution is 0.102. The van der Waals surface area contributed by atoms with E-state index in [0.29, 0.717) is 48.9 Å². The fourth-order valence-corrected chi connectivity index (χ4v) is 3.20. The number of fused-ring (bicyclic) bond motifs is 1. The van der Waals surface area contributed by atoms with Crippen molar-refractivity contribution in [1.29, 1.82) is 0 Å². The summed E-state index contributed by atoms with van der Waals surface area (Å²) in [5.41, 5.74) is -0.381. The van der Waals surface area contributed by atoms with Crippen LogP contribution in [0.25, 0.3) is 11.0 Å². The Hall–Kier alpha value is -2.78. The molecule has 1 aliphatic heterocycles. The van der Waals surface area contributed by atoms with Crippen molar-refractivity contribution in [1.82, 2.24) is 9.97 Å². The van der Waals surface area contributed by atoms with Crippen molar-refractivity contribution >= 4 is 44.4 Å². The smallest absolute Gasteiger partial charge is 0.349 e. The number of amides is 1. The molecule has 1 aromatic carbocycles. The predicted octanol–water partition coefficient (Wildman–Crippen LogP) is 2.43. The van der Waals surface area contributed by atoms with E-state index in [1.54, 1.807) is 24.3 Å². The Morgan fingerprint density at radius 2 is 1.96 bits per heavy atom. The van der Waals surface area contributed by atoms with E-state index in [9.17, 15) is 9.59 Å². The summed E-state index contributed by atoms with van der Waals surface area (Å²) in [6.07, 6.45) is 1.38. The van der Waals surface area contributed by atoms with E-state index < -0.39 is 11.5 Å². The minimum atomic E-state index is -0.704. The third kappa shape index (κ3) is 3.83. The molecular formula is C18H15BrN4O4.